The van der Waals surface area contributed by atoms with Crippen molar-refractivity contribution in [2.75, 3.05) is 11.3 Å². The molecule has 0 spiro atoms. The van der Waals surface area contributed by atoms with Crippen molar-refractivity contribution in [3.05, 3.63) is 72.3 Å². The number of alkyl halides is 3. The zero-order valence-corrected chi connectivity index (χ0v) is 14.2. The summed E-state index contributed by atoms with van der Waals surface area (Å²) < 4.78 is 64.6. The molecule has 0 aliphatic heterocycles. The molecule has 0 heterocycles. The zero-order valence-electron chi connectivity index (χ0n) is 13.4. The number of benzene rings is 2. The fourth-order valence-electron chi connectivity index (χ4n) is 2.01. The lowest BCUT2D eigenvalue weighted by Crippen LogP contribution is -2.23. The molecule has 138 valence electrons. The molecular weight excluding hydrogens is 369 g/mol. The van der Waals surface area contributed by atoms with Gasteiger partial charge in [0.15, 0.2) is 0 Å². The Bertz CT molecular complexity index is 908. The highest BCUT2D eigenvalue weighted by Crippen LogP contribution is 2.30. The van der Waals surface area contributed by atoms with Crippen molar-refractivity contribution >= 4 is 21.6 Å². The highest BCUT2D eigenvalue weighted by molar-refractivity contribution is 7.92. The van der Waals surface area contributed by atoms with Gasteiger partial charge < -0.3 is 5.32 Å². The van der Waals surface area contributed by atoms with Crippen LogP contribution in [0, 0.1) is 0 Å². The summed E-state index contributed by atoms with van der Waals surface area (Å²) in [5.41, 5.74) is -0.789. The maximum atomic E-state index is 12.5. The van der Waals surface area contributed by atoms with Gasteiger partial charge in [-0.1, -0.05) is 12.1 Å². The first-order valence-electron chi connectivity index (χ1n) is 7.33. The molecule has 0 fully saturated rings. The van der Waals surface area contributed by atoms with E-state index in [1.807, 2.05) is 0 Å². The Kier molecular flexibility index (Phi) is 5.71. The van der Waals surface area contributed by atoms with Gasteiger partial charge in [0.25, 0.3) is 15.9 Å². The van der Waals surface area contributed by atoms with Crippen molar-refractivity contribution in [1.29, 1.82) is 0 Å². The van der Waals surface area contributed by atoms with Crippen molar-refractivity contribution in [2.45, 2.75) is 11.1 Å². The summed E-state index contributed by atoms with van der Waals surface area (Å²) in [6, 6.07) is 8.86. The Labute approximate surface area is 148 Å². The van der Waals surface area contributed by atoms with Crippen molar-refractivity contribution < 1.29 is 26.4 Å². The van der Waals surface area contributed by atoms with Crippen LogP contribution in [0.5, 0.6) is 0 Å². The number of carbonyl (C=O) groups is 1. The molecule has 0 bridgehead atoms. The molecule has 5 nitrogen and oxygen atoms in total. The summed E-state index contributed by atoms with van der Waals surface area (Å²) in [5, 5.41) is 2.52. The van der Waals surface area contributed by atoms with E-state index in [-0.39, 0.29) is 22.7 Å². The van der Waals surface area contributed by atoms with Crippen LogP contribution in [-0.2, 0) is 16.2 Å². The highest BCUT2D eigenvalue weighted by Gasteiger charge is 2.30. The molecule has 2 aromatic carbocycles. The summed E-state index contributed by atoms with van der Waals surface area (Å²) >= 11 is 0. The van der Waals surface area contributed by atoms with E-state index in [1.165, 1.54) is 30.3 Å². The number of amides is 1. The van der Waals surface area contributed by atoms with Gasteiger partial charge in [0, 0.05) is 17.8 Å². The molecule has 0 saturated carbocycles. The Morgan fingerprint density at radius 3 is 2.35 bits per heavy atom. The minimum absolute atomic E-state index is 0.0282. The number of hydrogen-bond acceptors (Lipinski definition) is 3. The zero-order chi connectivity index (χ0) is 19.4. The Balaban J connectivity index is 2.22. The average molecular weight is 384 g/mol. The van der Waals surface area contributed by atoms with Crippen LogP contribution >= 0.6 is 0 Å². The van der Waals surface area contributed by atoms with Crippen molar-refractivity contribution in [2.24, 2.45) is 0 Å². The van der Waals surface area contributed by atoms with Crippen LogP contribution < -0.4 is 10.0 Å². The second-order valence-electron chi connectivity index (χ2n) is 5.21. The van der Waals surface area contributed by atoms with Gasteiger partial charge in [-0.25, -0.2) is 8.42 Å². The first-order chi connectivity index (χ1) is 12.1. The van der Waals surface area contributed by atoms with Crippen molar-refractivity contribution in [3.63, 3.8) is 0 Å². The molecule has 0 aromatic heterocycles. The van der Waals surface area contributed by atoms with Gasteiger partial charge in [0.2, 0.25) is 0 Å². The predicted molar refractivity (Wildman–Crippen MR) is 91.2 cm³/mol. The second kappa shape index (κ2) is 7.61. The number of hydrogen-bond donors (Lipinski definition) is 2. The van der Waals surface area contributed by atoms with Crippen LogP contribution in [0.25, 0.3) is 0 Å². The van der Waals surface area contributed by atoms with E-state index >= 15 is 0 Å². The first kappa shape index (κ1) is 19.5. The summed E-state index contributed by atoms with van der Waals surface area (Å²) in [7, 11) is -4.07. The number of rotatable bonds is 6. The van der Waals surface area contributed by atoms with Crippen LogP contribution in [0.1, 0.15) is 15.9 Å². The van der Waals surface area contributed by atoms with Gasteiger partial charge in [0.05, 0.1) is 10.5 Å². The number of anilines is 1. The van der Waals surface area contributed by atoms with Gasteiger partial charge in [-0.3, -0.25) is 9.52 Å². The maximum absolute atomic E-state index is 12.5. The Morgan fingerprint density at radius 2 is 1.77 bits per heavy atom. The highest BCUT2D eigenvalue weighted by atomic mass is 32.2. The third-order valence-corrected chi connectivity index (χ3v) is 4.66. The molecule has 0 aliphatic rings. The van der Waals surface area contributed by atoms with Gasteiger partial charge in [0.1, 0.15) is 0 Å². The van der Waals surface area contributed by atoms with E-state index in [1.54, 1.807) is 0 Å². The van der Waals surface area contributed by atoms with E-state index in [2.05, 4.69) is 16.6 Å². The van der Waals surface area contributed by atoms with E-state index in [0.717, 1.165) is 24.3 Å². The molecule has 9 heteroatoms. The minimum atomic E-state index is -4.51. The Morgan fingerprint density at radius 1 is 1.12 bits per heavy atom. The smallest absolute Gasteiger partial charge is 0.349 e. The molecule has 0 aliphatic carbocycles. The molecule has 26 heavy (non-hydrogen) atoms. The second-order valence-corrected chi connectivity index (χ2v) is 6.89. The average Bonchev–Trinajstić information content (AvgIpc) is 2.59. The van der Waals surface area contributed by atoms with E-state index in [9.17, 15) is 26.4 Å². The molecule has 0 atom stereocenters. The molecule has 0 saturated heterocycles. The third kappa shape index (κ3) is 4.85. The van der Waals surface area contributed by atoms with Crippen LogP contribution in [0.15, 0.2) is 66.1 Å². The summed E-state index contributed by atoms with van der Waals surface area (Å²) in [6.45, 7) is 3.68. The molecule has 2 rings (SSSR count). The summed E-state index contributed by atoms with van der Waals surface area (Å²) in [4.78, 5) is 11.7. The molecule has 2 aromatic rings. The molecule has 0 unspecified atom stereocenters. The van der Waals surface area contributed by atoms with E-state index < -0.39 is 27.7 Å². The lowest BCUT2D eigenvalue weighted by molar-refractivity contribution is -0.137. The van der Waals surface area contributed by atoms with Crippen LogP contribution in [-0.4, -0.2) is 20.9 Å². The van der Waals surface area contributed by atoms with Crippen LogP contribution in [0.3, 0.4) is 0 Å². The first-order valence-corrected chi connectivity index (χ1v) is 8.81. The van der Waals surface area contributed by atoms with Crippen LogP contribution in [0.4, 0.5) is 18.9 Å². The van der Waals surface area contributed by atoms with E-state index in [4.69, 9.17) is 0 Å². The quantitative estimate of drug-likeness (QED) is 0.750. The maximum Gasteiger partial charge on any atom is 0.416 e. The predicted octanol–water partition coefficient (Wildman–Crippen LogP) is 3.42. The number of carbonyl (C=O) groups excluding carboxylic acids is 1. The summed E-state index contributed by atoms with van der Waals surface area (Å²) in [6.07, 6.45) is -3.03. The lowest BCUT2D eigenvalue weighted by Gasteiger charge is -2.11. The molecule has 2 N–H and O–H groups in total. The normalized spacial score (nSPS) is 11.7. The van der Waals surface area contributed by atoms with Gasteiger partial charge in [-0.15, -0.1) is 6.58 Å². The van der Waals surface area contributed by atoms with Crippen molar-refractivity contribution in [1.82, 2.24) is 5.32 Å². The number of nitrogens with one attached hydrogen (secondary N) is 2. The van der Waals surface area contributed by atoms with Crippen molar-refractivity contribution in [3.8, 4) is 0 Å². The SMILES string of the molecule is C=CCNC(=O)c1cccc(S(=O)(=O)Nc2ccc(C(F)(F)F)cc2)c1. The van der Waals surface area contributed by atoms with E-state index in [0.29, 0.717) is 0 Å². The van der Waals surface area contributed by atoms with Gasteiger partial charge in [-0.05, 0) is 42.5 Å². The fraction of sp³-hybridized carbons (Fsp3) is 0.118. The largest absolute Gasteiger partial charge is 0.416 e. The monoisotopic (exact) mass is 384 g/mol. The number of halogens is 3. The summed E-state index contributed by atoms with van der Waals surface area (Å²) in [5.74, 6) is -0.475. The Hall–Kier alpha value is -2.81. The van der Waals surface area contributed by atoms with Gasteiger partial charge >= 0.3 is 6.18 Å². The topological polar surface area (TPSA) is 75.3 Å². The molecule has 1 amide bonds. The lowest BCUT2D eigenvalue weighted by atomic mass is 10.2. The van der Waals surface area contributed by atoms with Gasteiger partial charge in [-0.2, -0.15) is 13.2 Å². The standard InChI is InChI=1S/C17H15F3N2O3S/c1-2-10-21-16(23)12-4-3-5-15(11-12)26(24,25)22-14-8-6-13(7-9-14)17(18,19)20/h2-9,11,22H,1,10H2,(H,21,23). The molecular formula is C17H15F3N2O3S. The minimum Gasteiger partial charge on any atom is -0.349 e. The van der Waals surface area contributed by atoms with Crippen LogP contribution in [0.2, 0.25) is 0 Å². The molecule has 0 radical (unpaired) electrons. The third-order valence-electron chi connectivity index (χ3n) is 3.28. The fourth-order valence-corrected chi connectivity index (χ4v) is 3.12. The number of sulfonamides is 1.